The van der Waals surface area contributed by atoms with E-state index >= 15 is 0 Å². The second-order valence-electron chi connectivity index (χ2n) is 4.57. The molecule has 94 valence electrons. The minimum absolute atomic E-state index is 0.0412. The molecule has 0 saturated heterocycles. The Hall–Kier alpha value is -1.63. The Labute approximate surface area is 103 Å². The van der Waals surface area contributed by atoms with Crippen LogP contribution in [0, 0.1) is 17.0 Å². The number of nitro groups is 1. The third-order valence-electron chi connectivity index (χ3n) is 2.16. The topological polar surface area (TPSA) is 83.7 Å². The first-order chi connectivity index (χ1) is 7.64. The molecule has 1 N–H and O–H groups in total. The lowest BCUT2D eigenvalue weighted by atomic mass is 10.1. The Balaban J connectivity index is 3.26. The summed E-state index contributed by atoms with van der Waals surface area (Å²) in [5.41, 5.74) is -0.683. The van der Waals surface area contributed by atoms with E-state index in [0.29, 0.717) is 9.88 Å². The van der Waals surface area contributed by atoms with Gasteiger partial charge in [-0.05, 0) is 27.7 Å². The third-order valence-corrected chi connectivity index (χ3v) is 3.18. The summed E-state index contributed by atoms with van der Waals surface area (Å²) in [6, 6.07) is 1.30. The van der Waals surface area contributed by atoms with Gasteiger partial charge >= 0.3 is 6.09 Å². The van der Waals surface area contributed by atoms with Gasteiger partial charge in [-0.3, -0.25) is 15.0 Å². The van der Waals surface area contributed by atoms with E-state index in [2.05, 4.69) is 0 Å². The number of rotatable bonds is 2. The van der Waals surface area contributed by atoms with Crippen LogP contribution < -0.4 is 4.90 Å². The zero-order valence-electron chi connectivity index (χ0n) is 10.1. The lowest BCUT2D eigenvalue weighted by Crippen LogP contribution is -2.44. The molecule has 0 aliphatic rings. The van der Waals surface area contributed by atoms with Gasteiger partial charge < -0.3 is 5.11 Å². The van der Waals surface area contributed by atoms with E-state index in [-0.39, 0.29) is 5.69 Å². The lowest BCUT2D eigenvalue weighted by Gasteiger charge is -2.31. The van der Waals surface area contributed by atoms with Gasteiger partial charge in [-0.25, -0.2) is 4.79 Å². The molecule has 0 atom stereocenters. The summed E-state index contributed by atoms with van der Waals surface area (Å²) >= 11 is 1.11. The van der Waals surface area contributed by atoms with Crippen LogP contribution in [0.4, 0.5) is 15.5 Å². The zero-order valence-corrected chi connectivity index (χ0v) is 10.9. The molecule has 0 unspecified atom stereocenters. The second-order valence-corrected chi connectivity index (χ2v) is 5.81. The van der Waals surface area contributed by atoms with Gasteiger partial charge in [0.15, 0.2) is 0 Å². The fourth-order valence-electron chi connectivity index (χ4n) is 1.46. The number of nitrogens with zero attached hydrogens (tertiary/aromatic N) is 2. The van der Waals surface area contributed by atoms with Crippen molar-refractivity contribution in [2.75, 3.05) is 4.90 Å². The van der Waals surface area contributed by atoms with Crippen molar-refractivity contribution in [2.24, 2.45) is 0 Å². The van der Waals surface area contributed by atoms with Gasteiger partial charge in [0.2, 0.25) is 0 Å². The molecule has 0 radical (unpaired) electrons. The van der Waals surface area contributed by atoms with Crippen molar-refractivity contribution in [1.29, 1.82) is 0 Å². The molecule has 6 nitrogen and oxygen atoms in total. The summed E-state index contributed by atoms with van der Waals surface area (Å²) in [6.45, 7) is 6.82. The van der Waals surface area contributed by atoms with Gasteiger partial charge in [0, 0.05) is 5.54 Å². The lowest BCUT2D eigenvalue weighted by molar-refractivity contribution is -0.385. The highest BCUT2D eigenvalue weighted by Crippen LogP contribution is 2.37. The molecule has 1 aromatic heterocycles. The summed E-state index contributed by atoms with van der Waals surface area (Å²) in [6.07, 6.45) is -1.12. The van der Waals surface area contributed by atoms with Crippen LogP contribution in [0.1, 0.15) is 25.6 Å². The maximum Gasteiger partial charge on any atom is 0.412 e. The van der Waals surface area contributed by atoms with E-state index in [1.54, 1.807) is 27.7 Å². The minimum Gasteiger partial charge on any atom is -0.465 e. The van der Waals surface area contributed by atoms with Crippen LogP contribution in [0.2, 0.25) is 0 Å². The molecule has 0 bridgehead atoms. The molecule has 1 rings (SSSR count). The minimum atomic E-state index is -1.12. The number of thiophene rings is 1. The van der Waals surface area contributed by atoms with Crippen molar-refractivity contribution in [3.05, 3.63) is 21.1 Å². The van der Waals surface area contributed by atoms with Crippen molar-refractivity contribution in [3.8, 4) is 0 Å². The Bertz CT molecular complexity index is 461. The summed E-state index contributed by atoms with van der Waals surface area (Å²) in [7, 11) is 0. The molecule has 0 aliphatic heterocycles. The van der Waals surface area contributed by atoms with E-state index < -0.39 is 16.6 Å². The van der Waals surface area contributed by atoms with Gasteiger partial charge in [-0.1, -0.05) is 0 Å². The molecular weight excluding hydrogens is 244 g/mol. The number of hydrogen-bond donors (Lipinski definition) is 1. The standard InChI is InChI=1S/C10H14N2O4S/c1-6-7(12(15)16)5-8(17-6)11(9(13)14)10(2,3)4/h5H,1-4H3,(H,13,14). The summed E-state index contributed by atoms with van der Waals surface area (Å²) in [5.74, 6) is 0. The molecule has 0 spiro atoms. The second kappa shape index (κ2) is 4.33. The number of carbonyl (C=O) groups is 1. The molecule has 0 fully saturated rings. The Morgan fingerprint density at radius 1 is 1.53 bits per heavy atom. The van der Waals surface area contributed by atoms with Gasteiger partial charge in [0.1, 0.15) is 5.00 Å². The largest absolute Gasteiger partial charge is 0.465 e. The van der Waals surface area contributed by atoms with Gasteiger partial charge in [-0.15, -0.1) is 11.3 Å². The normalized spacial score (nSPS) is 11.3. The van der Waals surface area contributed by atoms with Gasteiger partial charge in [-0.2, -0.15) is 0 Å². The SMILES string of the molecule is Cc1sc(N(C(=O)O)C(C)(C)C)cc1[N+](=O)[O-]. The molecule has 0 aromatic carbocycles. The smallest absolute Gasteiger partial charge is 0.412 e. The van der Waals surface area contributed by atoms with Crippen molar-refractivity contribution in [3.63, 3.8) is 0 Å². The highest BCUT2D eigenvalue weighted by atomic mass is 32.1. The number of anilines is 1. The monoisotopic (exact) mass is 258 g/mol. The predicted octanol–water partition coefficient (Wildman–Crippen LogP) is 3.25. The summed E-state index contributed by atoms with van der Waals surface area (Å²) in [4.78, 5) is 23.1. The van der Waals surface area contributed by atoms with E-state index in [4.69, 9.17) is 5.11 Å². The average molecular weight is 258 g/mol. The van der Waals surface area contributed by atoms with Crippen LogP contribution in [-0.2, 0) is 0 Å². The molecule has 1 aromatic rings. The van der Waals surface area contributed by atoms with Crippen LogP contribution in [0.5, 0.6) is 0 Å². The van der Waals surface area contributed by atoms with Crippen LogP contribution >= 0.6 is 11.3 Å². The maximum absolute atomic E-state index is 11.2. The molecule has 0 aliphatic carbocycles. The Kier molecular flexibility index (Phi) is 3.42. The number of aryl methyl sites for hydroxylation is 1. The fourth-order valence-corrected chi connectivity index (χ4v) is 2.63. The fraction of sp³-hybridized carbons (Fsp3) is 0.500. The number of amides is 1. The third kappa shape index (κ3) is 2.73. The first-order valence-electron chi connectivity index (χ1n) is 4.92. The van der Waals surface area contributed by atoms with Crippen LogP contribution in [0.15, 0.2) is 6.07 Å². The highest BCUT2D eigenvalue weighted by molar-refractivity contribution is 7.16. The summed E-state index contributed by atoms with van der Waals surface area (Å²) < 4.78 is 0. The van der Waals surface area contributed by atoms with Crippen molar-refractivity contribution < 1.29 is 14.8 Å². The van der Waals surface area contributed by atoms with E-state index in [1.165, 1.54) is 6.07 Å². The maximum atomic E-state index is 11.2. The molecule has 7 heteroatoms. The Morgan fingerprint density at radius 3 is 2.35 bits per heavy atom. The molecule has 1 heterocycles. The Morgan fingerprint density at radius 2 is 2.06 bits per heavy atom. The summed E-state index contributed by atoms with van der Waals surface area (Å²) in [5, 5.41) is 20.3. The van der Waals surface area contributed by atoms with Crippen molar-refractivity contribution in [1.82, 2.24) is 0 Å². The molecule has 0 saturated carbocycles. The van der Waals surface area contributed by atoms with Gasteiger partial charge in [0.25, 0.3) is 5.69 Å². The van der Waals surface area contributed by atoms with Crippen LogP contribution in [-0.4, -0.2) is 21.7 Å². The molecule has 1 amide bonds. The van der Waals surface area contributed by atoms with Crippen LogP contribution in [0.25, 0.3) is 0 Å². The number of carboxylic acid groups (broad SMARTS) is 1. The highest BCUT2D eigenvalue weighted by Gasteiger charge is 2.31. The molecular formula is C10H14N2O4S. The van der Waals surface area contributed by atoms with E-state index in [0.717, 1.165) is 16.2 Å². The van der Waals surface area contributed by atoms with Crippen molar-refractivity contribution >= 4 is 28.1 Å². The van der Waals surface area contributed by atoms with Gasteiger partial charge in [0.05, 0.1) is 15.9 Å². The average Bonchev–Trinajstić information content (AvgIpc) is 2.43. The van der Waals surface area contributed by atoms with Crippen LogP contribution in [0.3, 0.4) is 0 Å². The first kappa shape index (κ1) is 13.4. The first-order valence-corrected chi connectivity index (χ1v) is 5.74. The number of hydrogen-bond acceptors (Lipinski definition) is 4. The predicted molar refractivity (Wildman–Crippen MR) is 66.0 cm³/mol. The van der Waals surface area contributed by atoms with E-state index in [1.807, 2.05) is 0 Å². The molecule has 17 heavy (non-hydrogen) atoms. The zero-order chi connectivity index (χ0) is 13.4. The van der Waals surface area contributed by atoms with Crippen molar-refractivity contribution in [2.45, 2.75) is 33.2 Å². The quantitative estimate of drug-likeness (QED) is 0.652. The van der Waals surface area contributed by atoms with E-state index in [9.17, 15) is 14.9 Å².